The van der Waals surface area contributed by atoms with E-state index in [9.17, 15) is 4.79 Å². The number of benzene rings is 3. The minimum Gasteiger partial charge on any atom is -0.496 e. The summed E-state index contributed by atoms with van der Waals surface area (Å²) in [5.41, 5.74) is 3.46. The molecule has 0 unspecified atom stereocenters. The SMILES string of the molecule is COc1cccc(OC)c1C(=O)Nc1nnc(-c2ccc(-c3cccc(Br)c3)cc2)s1. The number of carbonyl (C=O) groups is 1. The number of hydrogen-bond donors (Lipinski definition) is 1. The molecule has 4 aromatic rings. The predicted octanol–water partition coefficient (Wildman–Crippen LogP) is 5.90. The molecule has 0 radical (unpaired) electrons. The third kappa shape index (κ3) is 4.60. The van der Waals surface area contributed by atoms with Crippen LogP contribution in [0.15, 0.2) is 71.2 Å². The normalized spacial score (nSPS) is 10.5. The van der Waals surface area contributed by atoms with Crippen molar-refractivity contribution in [1.82, 2.24) is 10.2 Å². The van der Waals surface area contributed by atoms with E-state index in [0.717, 1.165) is 21.2 Å². The number of carbonyl (C=O) groups excluding carboxylic acids is 1. The Hall–Kier alpha value is -3.23. The molecule has 0 saturated heterocycles. The van der Waals surface area contributed by atoms with Crippen LogP contribution in [0.25, 0.3) is 21.7 Å². The van der Waals surface area contributed by atoms with Crippen LogP contribution in [0.1, 0.15) is 10.4 Å². The summed E-state index contributed by atoms with van der Waals surface area (Å²) < 4.78 is 11.6. The molecular formula is C23H18BrN3O3S. The Bertz CT molecular complexity index is 1200. The van der Waals surface area contributed by atoms with Gasteiger partial charge in [0.05, 0.1) is 14.2 Å². The second kappa shape index (κ2) is 9.28. The van der Waals surface area contributed by atoms with Gasteiger partial charge in [-0.25, -0.2) is 0 Å². The molecule has 0 bridgehead atoms. The summed E-state index contributed by atoms with van der Waals surface area (Å²) >= 11 is 4.80. The van der Waals surface area contributed by atoms with E-state index >= 15 is 0 Å². The fourth-order valence-corrected chi connectivity index (χ4v) is 4.24. The molecule has 31 heavy (non-hydrogen) atoms. The van der Waals surface area contributed by atoms with Crippen LogP contribution in [0.5, 0.6) is 11.5 Å². The molecule has 1 amide bonds. The van der Waals surface area contributed by atoms with Crippen LogP contribution in [0, 0.1) is 0 Å². The lowest BCUT2D eigenvalue weighted by molar-refractivity contribution is 0.102. The monoisotopic (exact) mass is 495 g/mol. The van der Waals surface area contributed by atoms with E-state index in [-0.39, 0.29) is 5.91 Å². The van der Waals surface area contributed by atoms with Crippen molar-refractivity contribution in [3.63, 3.8) is 0 Å². The highest BCUT2D eigenvalue weighted by Gasteiger charge is 2.20. The average Bonchev–Trinajstić information content (AvgIpc) is 3.27. The van der Waals surface area contributed by atoms with Gasteiger partial charge in [-0.1, -0.05) is 69.7 Å². The van der Waals surface area contributed by atoms with Crippen molar-refractivity contribution in [2.24, 2.45) is 0 Å². The number of ether oxygens (including phenoxy) is 2. The largest absolute Gasteiger partial charge is 0.496 e. The van der Waals surface area contributed by atoms with Crippen molar-refractivity contribution in [3.05, 3.63) is 76.8 Å². The van der Waals surface area contributed by atoms with Crippen LogP contribution < -0.4 is 14.8 Å². The van der Waals surface area contributed by atoms with Gasteiger partial charge in [0.1, 0.15) is 22.1 Å². The second-order valence-corrected chi connectivity index (χ2v) is 8.38. The van der Waals surface area contributed by atoms with Crippen LogP contribution >= 0.6 is 27.3 Å². The Morgan fingerprint density at radius 2 is 1.52 bits per heavy atom. The number of rotatable bonds is 6. The summed E-state index contributed by atoms with van der Waals surface area (Å²) in [4.78, 5) is 12.8. The van der Waals surface area contributed by atoms with E-state index in [4.69, 9.17) is 9.47 Å². The molecule has 0 saturated carbocycles. The molecule has 4 rings (SSSR count). The molecular weight excluding hydrogens is 478 g/mol. The molecule has 156 valence electrons. The van der Waals surface area contributed by atoms with Crippen molar-refractivity contribution in [3.8, 4) is 33.2 Å². The number of nitrogens with zero attached hydrogens (tertiary/aromatic N) is 2. The number of nitrogens with one attached hydrogen (secondary N) is 1. The number of aromatic nitrogens is 2. The van der Waals surface area contributed by atoms with Crippen molar-refractivity contribution in [2.75, 3.05) is 19.5 Å². The Labute approximate surface area is 192 Å². The molecule has 1 heterocycles. The Kier molecular flexibility index (Phi) is 6.29. The molecule has 3 aromatic carbocycles. The number of anilines is 1. The molecule has 0 aliphatic heterocycles. The van der Waals surface area contributed by atoms with E-state index < -0.39 is 0 Å². The summed E-state index contributed by atoms with van der Waals surface area (Å²) in [6.07, 6.45) is 0. The van der Waals surface area contributed by atoms with Gasteiger partial charge < -0.3 is 9.47 Å². The average molecular weight is 496 g/mol. The van der Waals surface area contributed by atoms with Gasteiger partial charge in [-0.3, -0.25) is 10.1 Å². The Morgan fingerprint density at radius 1 is 0.871 bits per heavy atom. The molecule has 0 atom stereocenters. The van der Waals surface area contributed by atoms with Gasteiger partial charge in [0.15, 0.2) is 0 Å². The number of halogens is 1. The summed E-state index contributed by atoms with van der Waals surface area (Å²) in [7, 11) is 3.01. The van der Waals surface area contributed by atoms with Gasteiger partial charge in [0.2, 0.25) is 5.13 Å². The Morgan fingerprint density at radius 3 is 2.16 bits per heavy atom. The van der Waals surface area contributed by atoms with Crippen LogP contribution in [0.2, 0.25) is 0 Å². The minimum absolute atomic E-state index is 0.308. The molecule has 0 spiro atoms. The van der Waals surface area contributed by atoms with Crippen LogP contribution in [0.3, 0.4) is 0 Å². The third-order valence-electron chi connectivity index (χ3n) is 4.59. The zero-order valence-corrected chi connectivity index (χ0v) is 19.2. The van der Waals surface area contributed by atoms with E-state index in [1.54, 1.807) is 18.2 Å². The van der Waals surface area contributed by atoms with E-state index in [0.29, 0.717) is 27.2 Å². The summed E-state index contributed by atoms with van der Waals surface area (Å²) in [5, 5.41) is 12.2. The number of methoxy groups -OCH3 is 2. The van der Waals surface area contributed by atoms with Gasteiger partial charge in [-0.2, -0.15) is 0 Å². The summed E-state index contributed by atoms with van der Waals surface area (Å²) in [5.74, 6) is 0.469. The van der Waals surface area contributed by atoms with Gasteiger partial charge in [0, 0.05) is 10.0 Å². The van der Waals surface area contributed by atoms with Crippen molar-refractivity contribution in [2.45, 2.75) is 0 Å². The molecule has 1 aromatic heterocycles. The first-order chi connectivity index (χ1) is 15.1. The smallest absolute Gasteiger partial charge is 0.265 e. The lowest BCUT2D eigenvalue weighted by atomic mass is 10.0. The highest BCUT2D eigenvalue weighted by Crippen LogP contribution is 2.32. The zero-order valence-electron chi connectivity index (χ0n) is 16.8. The van der Waals surface area contributed by atoms with Crippen molar-refractivity contribution >= 4 is 38.3 Å². The third-order valence-corrected chi connectivity index (χ3v) is 5.97. The van der Waals surface area contributed by atoms with Crippen molar-refractivity contribution < 1.29 is 14.3 Å². The van der Waals surface area contributed by atoms with Gasteiger partial charge in [-0.05, 0) is 35.4 Å². The van der Waals surface area contributed by atoms with Crippen molar-refractivity contribution in [1.29, 1.82) is 0 Å². The number of hydrogen-bond acceptors (Lipinski definition) is 6. The van der Waals surface area contributed by atoms with Gasteiger partial charge in [-0.15, -0.1) is 10.2 Å². The standard InChI is InChI=1S/C23H18BrN3O3S/c1-29-18-7-4-8-19(30-2)20(18)21(28)25-23-27-26-22(31-23)15-11-9-14(10-12-15)16-5-3-6-17(24)13-16/h3-13H,1-2H3,(H,25,27,28). The molecule has 1 N–H and O–H groups in total. The molecule has 8 heteroatoms. The quantitative estimate of drug-likeness (QED) is 0.360. The van der Waals surface area contributed by atoms with Crippen LogP contribution in [-0.2, 0) is 0 Å². The van der Waals surface area contributed by atoms with E-state index in [1.165, 1.54) is 25.6 Å². The van der Waals surface area contributed by atoms with Crippen LogP contribution in [-0.4, -0.2) is 30.3 Å². The summed E-state index contributed by atoms with van der Waals surface area (Å²) in [6, 6.07) is 21.4. The maximum atomic E-state index is 12.8. The lowest BCUT2D eigenvalue weighted by Gasteiger charge is -2.11. The topological polar surface area (TPSA) is 73.3 Å². The molecule has 0 fully saturated rings. The minimum atomic E-state index is -0.373. The van der Waals surface area contributed by atoms with E-state index in [2.05, 4.69) is 43.6 Å². The fraction of sp³-hybridized carbons (Fsp3) is 0.0870. The van der Waals surface area contributed by atoms with E-state index in [1.807, 2.05) is 36.4 Å². The second-order valence-electron chi connectivity index (χ2n) is 6.49. The lowest BCUT2D eigenvalue weighted by Crippen LogP contribution is -2.14. The highest BCUT2D eigenvalue weighted by molar-refractivity contribution is 9.10. The maximum Gasteiger partial charge on any atom is 0.265 e. The fourth-order valence-electron chi connectivity index (χ4n) is 3.10. The highest BCUT2D eigenvalue weighted by atomic mass is 79.9. The summed E-state index contributed by atoms with van der Waals surface area (Å²) in [6.45, 7) is 0. The first-order valence-electron chi connectivity index (χ1n) is 9.31. The molecule has 0 aliphatic rings. The van der Waals surface area contributed by atoms with Gasteiger partial charge in [0.25, 0.3) is 5.91 Å². The zero-order chi connectivity index (χ0) is 21.8. The first kappa shape index (κ1) is 21.0. The predicted molar refractivity (Wildman–Crippen MR) is 126 cm³/mol. The molecule has 0 aliphatic carbocycles. The van der Waals surface area contributed by atoms with Crippen LogP contribution in [0.4, 0.5) is 5.13 Å². The molecule has 6 nitrogen and oxygen atoms in total. The maximum absolute atomic E-state index is 12.8. The van der Waals surface area contributed by atoms with Gasteiger partial charge >= 0.3 is 0 Å². The first-order valence-corrected chi connectivity index (χ1v) is 10.9. The Balaban J connectivity index is 1.53. The number of amides is 1.